The van der Waals surface area contributed by atoms with E-state index in [1.807, 2.05) is 0 Å². The van der Waals surface area contributed by atoms with Crippen LogP contribution in [0.3, 0.4) is 0 Å². The third kappa shape index (κ3) is 3.24. The molecule has 0 aliphatic heterocycles. The van der Waals surface area contributed by atoms with Gasteiger partial charge in [0, 0.05) is 0 Å². The maximum Gasteiger partial charge on any atom is 0.0882 e. The molecule has 112 valence electrons. The lowest BCUT2D eigenvalue weighted by molar-refractivity contribution is -0.908. The van der Waals surface area contributed by atoms with Crippen LogP contribution in [0.15, 0.2) is 30.3 Å². The van der Waals surface area contributed by atoms with Crippen LogP contribution in [0.1, 0.15) is 51.0 Å². The molecule has 0 radical (unpaired) electrons. The highest BCUT2D eigenvalue weighted by Gasteiger charge is 2.43. The lowest BCUT2D eigenvalue weighted by Crippen LogP contribution is -2.51. The Morgan fingerprint density at radius 3 is 2.15 bits per heavy atom. The van der Waals surface area contributed by atoms with E-state index in [9.17, 15) is 5.11 Å². The number of quaternary nitrogens is 1. The quantitative estimate of drug-likeness (QED) is 0.788. The van der Waals surface area contributed by atoms with Gasteiger partial charge in [-0.15, -0.1) is 0 Å². The molecule has 1 fully saturated rings. The van der Waals surface area contributed by atoms with E-state index in [1.54, 1.807) is 0 Å². The molecule has 2 rings (SSSR count). The van der Waals surface area contributed by atoms with Crippen LogP contribution in [0.25, 0.3) is 0 Å². The Bertz CT molecular complexity index is 405. The summed E-state index contributed by atoms with van der Waals surface area (Å²) in [5, 5.41) is 11.1. The zero-order valence-electron chi connectivity index (χ0n) is 13.3. The largest absolute Gasteiger partial charge is 0.389 e. The van der Waals surface area contributed by atoms with Gasteiger partial charge in [-0.25, -0.2) is 0 Å². The minimum atomic E-state index is -0.495. The second kappa shape index (κ2) is 6.28. The van der Waals surface area contributed by atoms with Gasteiger partial charge in [-0.3, -0.25) is 0 Å². The second-order valence-electron chi connectivity index (χ2n) is 6.71. The van der Waals surface area contributed by atoms with E-state index in [0.717, 1.165) is 37.0 Å². The van der Waals surface area contributed by atoms with E-state index >= 15 is 0 Å². The molecular weight excluding hydrogens is 246 g/mol. The molecule has 0 unspecified atom stereocenters. The van der Waals surface area contributed by atoms with Crippen LogP contribution in [0.2, 0.25) is 0 Å². The van der Waals surface area contributed by atoms with Crippen LogP contribution in [-0.4, -0.2) is 41.9 Å². The SMILES string of the molecule is CC[N+](C)(CC)C[C@@H](c1ccccc1)C1(O)CCCC1. The summed E-state index contributed by atoms with van der Waals surface area (Å²) in [5.74, 6) is 0.260. The second-order valence-corrected chi connectivity index (χ2v) is 6.71. The normalized spacial score (nSPS) is 20.0. The molecule has 0 heterocycles. The molecule has 1 aliphatic rings. The van der Waals surface area contributed by atoms with Gasteiger partial charge in [0.15, 0.2) is 0 Å². The highest BCUT2D eigenvalue weighted by molar-refractivity contribution is 5.23. The van der Waals surface area contributed by atoms with Crippen LogP contribution in [0, 0.1) is 0 Å². The van der Waals surface area contributed by atoms with E-state index < -0.39 is 5.60 Å². The number of aliphatic hydroxyl groups is 1. The summed E-state index contributed by atoms with van der Waals surface area (Å²) in [4.78, 5) is 0. The van der Waals surface area contributed by atoms with Gasteiger partial charge >= 0.3 is 0 Å². The lowest BCUT2D eigenvalue weighted by Gasteiger charge is -2.41. The van der Waals surface area contributed by atoms with Gasteiger partial charge in [0.25, 0.3) is 0 Å². The predicted molar refractivity (Wildman–Crippen MR) is 84.7 cm³/mol. The van der Waals surface area contributed by atoms with Crippen molar-refractivity contribution in [3.05, 3.63) is 35.9 Å². The first-order valence-corrected chi connectivity index (χ1v) is 8.14. The molecule has 1 aliphatic carbocycles. The minimum Gasteiger partial charge on any atom is -0.389 e. The summed E-state index contributed by atoms with van der Waals surface area (Å²) in [5.41, 5.74) is 0.814. The number of nitrogens with zero attached hydrogens (tertiary/aromatic N) is 1. The monoisotopic (exact) mass is 276 g/mol. The van der Waals surface area contributed by atoms with Crippen LogP contribution in [-0.2, 0) is 0 Å². The Balaban J connectivity index is 2.30. The average molecular weight is 276 g/mol. The predicted octanol–water partition coefficient (Wildman–Crippen LogP) is 3.56. The molecule has 0 saturated heterocycles. The van der Waals surface area contributed by atoms with Crippen molar-refractivity contribution >= 4 is 0 Å². The highest BCUT2D eigenvalue weighted by Crippen LogP contribution is 2.42. The van der Waals surface area contributed by atoms with E-state index in [2.05, 4.69) is 51.2 Å². The van der Waals surface area contributed by atoms with Crippen molar-refractivity contribution < 1.29 is 9.59 Å². The van der Waals surface area contributed by atoms with Crippen molar-refractivity contribution in [1.82, 2.24) is 0 Å². The summed E-state index contributed by atoms with van der Waals surface area (Å²) in [6, 6.07) is 10.6. The Morgan fingerprint density at radius 1 is 1.10 bits per heavy atom. The number of rotatable bonds is 6. The summed E-state index contributed by atoms with van der Waals surface area (Å²) in [7, 11) is 2.31. The fourth-order valence-electron chi connectivity index (χ4n) is 3.53. The van der Waals surface area contributed by atoms with Crippen LogP contribution in [0.5, 0.6) is 0 Å². The van der Waals surface area contributed by atoms with E-state index in [0.29, 0.717) is 0 Å². The molecule has 1 aromatic rings. The van der Waals surface area contributed by atoms with Gasteiger partial charge in [0.05, 0.1) is 38.2 Å². The molecule has 1 N–H and O–H groups in total. The third-order valence-electron chi connectivity index (χ3n) is 5.47. The Kier molecular flexibility index (Phi) is 4.87. The average Bonchev–Trinajstić information content (AvgIpc) is 2.93. The van der Waals surface area contributed by atoms with Gasteiger partial charge in [0.1, 0.15) is 0 Å². The standard InChI is InChI=1S/C18H30NO/c1-4-19(3,5-2)15-17(16-11-7-6-8-12-16)18(20)13-9-10-14-18/h6-8,11-12,17,20H,4-5,9-10,13-15H2,1-3H3/q+1/t17-/m0/s1. The number of hydrogen-bond acceptors (Lipinski definition) is 1. The van der Waals surface area contributed by atoms with Crippen LogP contribution >= 0.6 is 0 Å². The van der Waals surface area contributed by atoms with Crippen molar-refractivity contribution in [3.63, 3.8) is 0 Å². The molecule has 0 spiro atoms. The molecular formula is C18H30NO+. The Hall–Kier alpha value is -0.860. The first kappa shape index (κ1) is 15.5. The smallest absolute Gasteiger partial charge is 0.0882 e. The summed E-state index contributed by atoms with van der Waals surface area (Å²) >= 11 is 0. The summed E-state index contributed by atoms with van der Waals surface area (Å²) in [6.45, 7) is 7.79. The van der Waals surface area contributed by atoms with Crippen molar-refractivity contribution in [2.24, 2.45) is 0 Å². The maximum absolute atomic E-state index is 11.1. The molecule has 0 aromatic heterocycles. The van der Waals surface area contributed by atoms with Crippen molar-refractivity contribution in [3.8, 4) is 0 Å². The van der Waals surface area contributed by atoms with Gasteiger partial charge in [0.2, 0.25) is 0 Å². The Morgan fingerprint density at radius 2 is 1.65 bits per heavy atom. The fourth-order valence-corrected chi connectivity index (χ4v) is 3.53. The molecule has 1 aromatic carbocycles. The van der Waals surface area contributed by atoms with Gasteiger partial charge in [-0.1, -0.05) is 43.2 Å². The van der Waals surface area contributed by atoms with Crippen molar-refractivity contribution in [2.45, 2.75) is 51.0 Å². The van der Waals surface area contributed by atoms with E-state index in [4.69, 9.17) is 0 Å². The van der Waals surface area contributed by atoms with Crippen LogP contribution < -0.4 is 0 Å². The maximum atomic E-state index is 11.1. The first-order valence-electron chi connectivity index (χ1n) is 8.14. The van der Waals surface area contributed by atoms with Crippen LogP contribution in [0.4, 0.5) is 0 Å². The topological polar surface area (TPSA) is 20.2 Å². The molecule has 20 heavy (non-hydrogen) atoms. The van der Waals surface area contributed by atoms with E-state index in [-0.39, 0.29) is 5.92 Å². The molecule has 0 amide bonds. The summed E-state index contributed by atoms with van der Waals surface area (Å²) < 4.78 is 1.03. The number of hydrogen-bond donors (Lipinski definition) is 1. The van der Waals surface area contributed by atoms with E-state index in [1.165, 1.54) is 18.4 Å². The fraction of sp³-hybridized carbons (Fsp3) is 0.667. The first-order chi connectivity index (χ1) is 9.53. The third-order valence-corrected chi connectivity index (χ3v) is 5.47. The minimum absolute atomic E-state index is 0.260. The molecule has 1 saturated carbocycles. The number of likely N-dealkylation sites (N-methyl/N-ethyl adjacent to an activating group) is 1. The van der Waals surface area contributed by atoms with Gasteiger partial charge < -0.3 is 9.59 Å². The van der Waals surface area contributed by atoms with Gasteiger partial charge in [-0.2, -0.15) is 0 Å². The van der Waals surface area contributed by atoms with Crippen molar-refractivity contribution in [1.29, 1.82) is 0 Å². The molecule has 2 heteroatoms. The molecule has 2 nitrogen and oxygen atoms in total. The zero-order chi connectivity index (χ0) is 14.6. The highest BCUT2D eigenvalue weighted by atomic mass is 16.3. The van der Waals surface area contributed by atoms with Gasteiger partial charge in [-0.05, 0) is 32.3 Å². The summed E-state index contributed by atoms with van der Waals surface area (Å²) in [6.07, 6.45) is 4.25. The molecule has 1 atom stereocenters. The lowest BCUT2D eigenvalue weighted by atomic mass is 9.80. The van der Waals surface area contributed by atoms with Crippen molar-refractivity contribution in [2.75, 3.05) is 26.7 Å². The Labute approximate surface area is 124 Å². The zero-order valence-corrected chi connectivity index (χ0v) is 13.3. The number of benzene rings is 1. The molecule has 0 bridgehead atoms.